The molecule has 8 heteroatoms. The van der Waals surface area contributed by atoms with E-state index in [0.29, 0.717) is 29.5 Å². The van der Waals surface area contributed by atoms with Crippen molar-refractivity contribution in [1.82, 2.24) is 20.1 Å². The van der Waals surface area contributed by atoms with Crippen LogP contribution in [0.3, 0.4) is 0 Å². The number of thiophene rings is 1. The topological polar surface area (TPSA) is 59.8 Å². The summed E-state index contributed by atoms with van der Waals surface area (Å²) in [5, 5.41) is 10.9. The highest BCUT2D eigenvalue weighted by atomic mass is 35.5. The summed E-state index contributed by atoms with van der Waals surface area (Å²) in [5.74, 6) is -0.216. The van der Waals surface area contributed by atoms with E-state index in [2.05, 4.69) is 15.4 Å². The molecule has 148 valence electrons. The number of hydrogen-bond acceptors (Lipinski definition) is 5. The van der Waals surface area contributed by atoms with E-state index in [1.54, 1.807) is 34.3 Å². The summed E-state index contributed by atoms with van der Waals surface area (Å²) in [6.07, 6.45) is 0. The maximum Gasteiger partial charge on any atom is 0.256 e. The molecule has 0 aliphatic heterocycles. The lowest BCUT2D eigenvalue weighted by molar-refractivity contribution is 0.0951. The van der Waals surface area contributed by atoms with Gasteiger partial charge in [0.2, 0.25) is 0 Å². The molecule has 0 fully saturated rings. The summed E-state index contributed by atoms with van der Waals surface area (Å²) in [6, 6.07) is 14.0. The van der Waals surface area contributed by atoms with Crippen molar-refractivity contribution in [3.05, 3.63) is 79.7 Å². The van der Waals surface area contributed by atoms with E-state index in [0.717, 1.165) is 26.0 Å². The molecule has 0 atom stereocenters. The minimum Gasteiger partial charge on any atom is -0.347 e. The van der Waals surface area contributed by atoms with Crippen molar-refractivity contribution in [2.24, 2.45) is 0 Å². The van der Waals surface area contributed by atoms with Crippen LogP contribution in [-0.4, -0.2) is 20.7 Å². The fraction of sp³-hybridized carbons (Fsp3) is 0.190. The van der Waals surface area contributed by atoms with Gasteiger partial charge in [0.25, 0.3) is 5.91 Å². The molecule has 1 aromatic carbocycles. The molecule has 0 saturated heterocycles. The molecule has 1 N–H and O–H groups in total. The molecule has 0 aliphatic rings. The molecule has 0 bridgehead atoms. The van der Waals surface area contributed by atoms with Crippen LogP contribution >= 0.6 is 34.3 Å². The first-order valence-electron chi connectivity index (χ1n) is 9.07. The molecule has 29 heavy (non-hydrogen) atoms. The zero-order valence-electron chi connectivity index (χ0n) is 16.0. The van der Waals surface area contributed by atoms with Gasteiger partial charge in [0.15, 0.2) is 0 Å². The molecule has 0 spiro atoms. The second-order valence-electron chi connectivity index (χ2n) is 6.59. The molecule has 0 radical (unpaired) electrons. The first-order chi connectivity index (χ1) is 14.0. The number of halogens is 1. The number of benzene rings is 1. The van der Waals surface area contributed by atoms with E-state index in [9.17, 15) is 4.79 Å². The van der Waals surface area contributed by atoms with Gasteiger partial charge in [-0.1, -0.05) is 41.9 Å². The number of nitrogens with one attached hydrogen (secondary N) is 1. The van der Waals surface area contributed by atoms with Crippen LogP contribution in [0.15, 0.2) is 47.8 Å². The normalized spacial score (nSPS) is 11.0. The number of nitrogens with zero attached hydrogens (tertiary/aromatic N) is 3. The van der Waals surface area contributed by atoms with Crippen LogP contribution in [-0.2, 0) is 13.1 Å². The third-order valence-corrected chi connectivity index (χ3v) is 6.69. The van der Waals surface area contributed by atoms with Crippen LogP contribution in [0.4, 0.5) is 0 Å². The molecule has 3 heterocycles. The van der Waals surface area contributed by atoms with Gasteiger partial charge in [-0.05, 0) is 31.5 Å². The first kappa shape index (κ1) is 19.8. The molecular weight excluding hydrogens is 424 g/mol. The molecular formula is C21H19ClN4OS2. The van der Waals surface area contributed by atoms with Crippen molar-refractivity contribution in [3.8, 4) is 10.6 Å². The number of carbonyl (C=O) groups excluding carboxylic acids is 1. The lowest BCUT2D eigenvalue weighted by Crippen LogP contribution is -2.23. The molecule has 3 aromatic heterocycles. The van der Waals surface area contributed by atoms with Crippen molar-refractivity contribution in [3.63, 3.8) is 0 Å². The number of amides is 1. The van der Waals surface area contributed by atoms with Gasteiger partial charge in [-0.25, -0.2) is 9.67 Å². The van der Waals surface area contributed by atoms with E-state index in [1.165, 1.54) is 0 Å². The van der Waals surface area contributed by atoms with Crippen molar-refractivity contribution in [2.75, 3.05) is 0 Å². The summed E-state index contributed by atoms with van der Waals surface area (Å²) in [7, 11) is 0. The van der Waals surface area contributed by atoms with Gasteiger partial charge in [-0.2, -0.15) is 5.10 Å². The van der Waals surface area contributed by atoms with Gasteiger partial charge in [-0.15, -0.1) is 22.7 Å². The third-order valence-electron chi connectivity index (χ3n) is 4.42. The van der Waals surface area contributed by atoms with Crippen molar-refractivity contribution in [2.45, 2.75) is 26.9 Å². The van der Waals surface area contributed by atoms with E-state index < -0.39 is 0 Å². The molecule has 0 aliphatic carbocycles. The highest BCUT2D eigenvalue weighted by Crippen LogP contribution is 2.29. The molecule has 5 nitrogen and oxygen atoms in total. The van der Waals surface area contributed by atoms with Crippen LogP contribution in [0, 0.1) is 13.8 Å². The summed E-state index contributed by atoms with van der Waals surface area (Å²) in [4.78, 5) is 19.4. The Morgan fingerprint density at radius 2 is 1.97 bits per heavy atom. The fourth-order valence-electron chi connectivity index (χ4n) is 3.02. The Balaban J connectivity index is 1.44. The van der Waals surface area contributed by atoms with Gasteiger partial charge in [-0.3, -0.25) is 4.79 Å². The number of rotatable bonds is 6. The number of aromatic nitrogens is 3. The Morgan fingerprint density at radius 1 is 1.17 bits per heavy atom. The number of aryl methyl sites for hydroxylation is 2. The summed E-state index contributed by atoms with van der Waals surface area (Å²) in [5.41, 5.74) is 3.10. The van der Waals surface area contributed by atoms with Gasteiger partial charge in [0.05, 0.1) is 39.9 Å². The summed E-state index contributed by atoms with van der Waals surface area (Å²) >= 11 is 9.74. The fourth-order valence-corrected chi connectivity index (χ4v) is 4.93. The second-order valence-corrected chi connectivity index (χ2v) is 9.18. The van der Waals surface area contributed by atoms with Gasteiger partial charge >= 0.3 is 0 Å². The van der Waals surface area contributed by atoms with Crippen molar-refractivity contribution >= 4 is 40.2 Å². The van der Waals surface area contributed by atoms with Crippen molar-refractivity contribution < 1.29 is 4.79 Å². The smallest absolute Gasteiger partial charge is 0.256 e. The van der Waals surface area contributed by atoms with Crippen molar-refractivity contribution in [1.29, 1.82) is 0 Å². The van der Waals surface area contributed by atoms with Crippen LogP contribution in [0.1, 0.15) is 31.5 Å². The molecule has 4 aromatic rings. The van der Waals surface area contributed by atoms with E-state index in [1.807, 2.05) is 54.8 Å². The Hall–Kier alpha value is -2.48. The summed E-state index contributed by atoms with van der Waals surface area (Å²) < 4.78 is 1.66. The van der Waals surface area contributed by atoms with Gasteiger partial charge in [0.1, 0.15) is 5.15 Å². The highest BCUT2D eigenvalue weighted by Gasteiger charge is 2.20. The standard InChI is InChI=1S/C21H19ClN4OS2/c1-13-19(20(22)26(25-13)11-15-6-4-3-5-7-15)21(27)23-10-16-8-9-18(29-16)17-12-28-14(2)24-17/h3-9,12H,10-11H2,1-2H3,(H,23,27). The third kappa shape index (κ3) is 4.42. The Bertz CT molecular complexity index is 1150. The lowest BCUT2D eigenvalue weighted by atomic mass is 10.2. The molecule has 0 unspecified atom stereocenters. The van der Waals surface area contributed by atoms with Crippen LogP contribution < -0.4 is 5.32 Å². The van der Waals surface area contributed by atoms with Crippen LogP contribution in [0.5, 0.6) is 0 Å². The maximum absolute atomic E-state index is 12.8. The van der Waals surface area contributed by atoms with Gasteiger partial charge in [0, 0.05) is 10.3 Å². The number of carbonyl (C=O) groups is 1. The maximum atomic E-state index is 12.8. The second kappa shape index (κ2) is 8.49. The lowest BCUT2D eigenvalue weighted by Gasteiger charge is -2.05. The van der Waals surface area contributed by atoms with Gasteiger partial charge < -0.3 is 5.32 Å². The predicted molar refractivity (Wildman–Crippen MR) is 119 cm³/mol. The Labute approximate surface area is 182 Å². The monoisotopic (exact) mass is 442 g/mol. The molecule has 0 saturated carbocycles. The Kier molecular flexibility index (Phi) is 5.80. The number of hydrogen-bond donors (Lipinski definition) is 1. The molecule has 4 rings (SSSR count). The van der Waals surface area contributed by atoms with Crippen LogP contribution in [0.25, 0.3) is 10.6 Å². The number of thiazole rings is 1. The zero-order valence-corrected chi connectivity index (χ0v) is 18.4. The molecule has 1 amide bonds. The zero-order chi connectivity index (χ0) is 20.4. The minimum atomic E-state index is -0.216. The average molecular weight is 443 g/mol. The predicted octanol–water partition coefficient (Wildman–Crippen LogP) is 5.32. The minimum absolute atomic E-state index is 0.216. The highest BCUT2D eigenvalue weighted by molar-refractivity contribution is 7.16. The first-order valence-corrected chi connectivity index (χ1v) is 11.1. The largest absolute Gasteiger partial charge is 0.347 e. The van der Waals surface area contributed by atoms with E-state index in [4.69, 9.17) is 11.6 Å². The van der Waals surface area contributed by atoms with Crippen LogP contribution in [0.2, 0.25) is 5.15 Å². The average Bonchev–Trinajstić information content (AvgIpc) is 3.41. The quantitative estimate of drug-likeness (QED) is 0.439. The van der Waals surface area contributed by atoms with E-state index in [-0.39, 0.29) is 5.91 Å². The Morgan fingerprint density at radius 3 is 2.69 bits per heavy atom. The SMILES string of the molecule is Cc1nc(-c2ccc(CNC(=O)c3c(C)nn(Cc4ccccc4)c3Cl)s2)cs1. The summed E-state index contributed by atoms with van der Waals surface area (Å²) in [6.45, 7) is 4.75. The van der Waals surface area contributed by atoms with E-state index >= 15 is 0 Å².